The maximum absolute atomic E-state index is 9.90. The third-order valence-electron chi connectivity index (χ3n) is 2.85. The zero-order valence-corrected chi connectivity index (χ0v) is 7.23. The summed E-state index contributed by atoms with van der Waals surface area (Å²) in [5, 5.41) is 18.9. The van der Waals surface area contributed by atoms with Gasteiger partial charge in [0.25, 0.3) is 0 Å². The first-order chi connectivity index (χ1) is 6.28. The molecule has 1 atom stereocenters. The highest BCUT2D eigenvalue weighted by Crippen LogP contribution is 2.49. The summed E-state index contributed by atoms with van der Waals surface area (Å²) in [6, 6.07) is 3.92. The third kappa shape index (κ3) is 1.14. The molecule has 3 nitrogen and oxygen atoms in total. The van der Waals surface area contributed by atoms with E-state index in [1.165, 1.54) is 12.5 Å². The monoisotopic (exact) mass is 177 g/mol. The van der Waals surface area contributed by atoms with E-state index >= 15 is 0 Å². The minimum Gasteiger partial charge on any atom is -0.472 e. The summed E-state index contributed by atoms with van der Waals surface area (Å²) < 4.78 is 4.87. The second kappa shape index (κ2) is 2.90. The van der Waals surface area contributed by atoms with Gasteiger partial charge in [0.1, 0.15) is 6.10 Å². The largest absolute Gasteiger partial charge is 0.472 e. The van der Waals surface area contributed by atoms with Crippen molar-refractivity contribution >= 4 is 0 Å². The van der Waals surface area contributed by atoms with E-state index in [1.54, 1.807) is 6.07 Å². The van der Waals surface area contributed by atoms with Crippen LogP contribution in [0.4, 0.5) is 0 Å². The normalized spacial score (nSPS) is 21.5. The van der Waals surface area contributed by atoms with Crippen molar-refractivity contribution in [3.05, 3.63) is 24.2 Å². The molecule has 0 radical (unpaired) electrons. The van der Waals surface area contributed by atoms with Crippen LogP contribution in [-0.4, -0.2) is 5.11 Å². The number of hydrogen-bond donors (Lipinski definition) is 1. The lowest BCUT2D eigenvalue weighted by atomic mass is 9.65. The Kier molecular flexibility index (Phi) is 1.86. The fourth-order valence-corrected chi connectivity index (χ4v) is 1.75. The van der Waals surface area contributed by atoms with Gasteiger partial charge >= 0.3 is 0 Å². The summed E-state index contributed by atoms with van der Waals surface area (Å²) in [5.74, 6) is 0. The van der Waals surface area contributed by atoms with E-state index in [1.807, 2.05) is 0 Å². The SMILES string of the molecule is N#CC1(C(O)c2ccoc2)CCC1. The van der Waals surface area contributed by atoms with Crippen molar-refractivity contribution < 1.29 is 9.52 Å². The Labute approximate surface area is 76.6 Å². The number of aliphatic hydroxyl groups is 1. The van der Waals surface area contributed by atoms with Gasteiger partial charge in [-0.3, -0.25) is 0 Å². The molecule has 13 heavy (non-hydrogen) atoms. The summed E-state index contributed by atoms with van der Waals surface area (Å²) in [4.78, 5) is 0. The average Bonchev–Trinajstić information content (AvgIpc) is 2.54. The van der Waals surface area contributed by atoms with Crippen molar-refractivity contribution in [3.8, 4) is 6.07 Å². The van der Waals surface area contributed by atoms with Gasteiger partial charge in [0, 0.05) is 5.56 Å². The quantitative estimate of drug-likeness (QED) is 0.751. The molecule has 3 heteroatoms. The number of hydrogen-bond acceptors (Lipinski definition) is 3. The Balaban J connectivity index is 2.22. The maximum Gasteiger partial charge on any atom is 0.101 e. The number of nitrogens with zero attached hydrogens (tertiary/aromatic N) is 1. The lowest BCUT2D eigenvalue weighted by molar-refractivity contribution is 0.00759. The van der Waals surface area contributed by atoms with Gasteiger partial charge in [-0.05, 0) is 18.9 Å². The molecule has 1 saturated carbocycles. The molecule has 0 aliphatic heterocycles. The molecule has 0 bridgehead atoms. The van der Waals surface area contributed by atoms with Gasteiger partial charge in [-0.25, -0.2) is 0 Å². The predicted molar refractivity (Wildman–Crippen MR) is 45.6 cm³/mol. The summed E-state index contributed by atoms with van der Waals surface area (Å²) in [6.07, 6.45) is 4.93. The topological polar surface area (TPSA) is 57.2 Å². The minimum atomic E-state index is -0.690. The highest BCUT2D eigenvalue weighted by atomic mass is 16.3. The highest BCUT2D eigenvalue weighted by molar-refractivity contribution is 5.20. The molecule has 1 heterocycles. The van der Waals surface area contributed by atoms with Crippen LogP contribution in [0, 0.1) is 16.7 Å². The molecule has 1 aliphatic carbocycles. The average molecular weight is 177 g/mol. The molecule has 0 saturated heterocycles. The zero-order chi connectivity index (χ0) is 9.31. The van der Waals surface area contributed by atoms with E-state index in [-0.39, 0.29) is 0 Å². The smallest absolute Gasteiger partial charge is 0.101 e. The highest BCUT2D eigenvalue weighted by Gasteiger charge is 2.44. The van der Waals surface area contributed by atoms with Crippen molar-refractivity contribution in [1.82, 2.24) is 0 Å². The van der Waals surface area contributed by atoms with Gasteiger partial charge in [0.15, 0.2) is 0 Å². The molecule has 1 aromatic heterocycles. The van der Waals surface area contributed by atoms with E-state index in [0.717, 1.165) is 19.3 Å². The Bertz CT molecular complexity index is 319. The van der Waals surface area contributed by atoms with Crippen LogP contribution in [0.15, 0.2) is 23.0 Å². The zero-order valence-electron chi connectivity index (χ0n) is 7.23. The standard InChI is InChI=1S/C10H11NO2/c11-7-10(3-1-4-10)9(12)8-2-5-13-6-8/h2,5-6,9,12H,1,3-4H2. The van der Waals surface area contributed by atoms with Crippen molar-refractivity contribution in [1.29, 1.82) is 5.26 Å². The van der Waals surface area contributed by atoms with Crippen LogP contribution in [0.25, 0.3) is 0 Å². The molecule has 1 fully saturated rings. The summed E-state index contributed by atoms with van der Waals surface area (Å²) in [5.41, 5.74) is 0.158. The third-order valence-corrected chi connectivity index (χ3v) is 2.85. The first kappa shape index (κ1) is 8.33. The van der Waals surface area contributed by atoms with Crippen LogP contribution in [0.1, 0.15) is 30.9 Å². The van der Waals surface area contributed by atoms with E-state index in [2.05, 4.69) is 6.07 Å². The summed E-state index contributed by atoms with van der Waals surface area (Å²) >= 11 is 0. The number of furan rings is 1. The number of rotatable bonds is 2. The lowest BCUT2D eigenvalue weighted by Crippen LogP contribution is -2.34. The van der Waals surface area contributed by atoms with E-state index in [0.29, 0.717) is 5.56 Å². The lowest BCUT2D eigenvalue weighted by Gasteiger charge is -2.38. The van der Waals surface area contributed by atoms with Gasteiger partial charge < -0.3 is 9.52 Å². The molecule has 1 N–H and O–H groups in total. The fourth-order valence-electron chi connectivity index (χ4n) is 1.75. The second-order valence-corrected chi connectivity index (χ2v) is 3.58. The Morgan fingerprint density at radius 2 is 2.38 bits per heavy atom. The molecule has 2 rings (SSSR count). The molecule has 0 spiro atoms. The summed E-state index contributed by atoms with van der Waals surface area (Å²) in [6.45, 7) is 0. The molecule has 0 amide bonds. The predicted octanol–water partition coefficient (Wildman–Crippen LogP) is 2.01. The first-order valence-electron chi connectivity index (χ1n) is 4.40. The van der Waals surface area contributed by atoms with Crippen LogP contribution in [0.3, 0.4) is 0 Å². The van der Waals surface area contributed by atoms with Crippen LogP contribution in [-0.2, 0) is 0 Å². The van der Waals surface area contributed by atoms with Crippen molar-refractivity contribution in [3.63, 3.8) is 0 Å². The van der Waals surface area contributed by atoms with Gasteiger partial charge in [-0.2, -0.15) is 5.26 Å². The minimum absolute atomic E-state index is 0.552. The molecule has 68 valence electrons. The Morgan fingerprint density at radius 3 is 2.77 bits per heavy atom. The van der Waals surface area contributed by atoms with Crippen LogP contribution >= 0.6 is 0 Å². The van der Waals surface area contributed by atoms with E-state index in [9.17, 15) is 5.11 Å². The van der Waals surface area contributed by atoms with Gasteiger partial charge in [-0.1, -0.05) is 6.42 Å². The summed E-state index contributed by atoms with van der Waals surface area (Å²) in [7, 11) is 0. The van der Waals surface area contributed by atoms with E-state index < -0.39 is 11.5 Å². The first-order valence-corrected chi connectivity index (χ1v) is 4.40. The van der Waals surface area contributed by atoms with Gasteiger partial charge in [0.05, 0.1) is 24.0 Å². The molecule has 0 aromatic carbocycles. The fraction of sp³-hybridized carbons (Fsp3) is 0.500. The Hall–Kier alpha value is -1.27. The maximum atomic E-state index is 9.90. The van der Waals surface area contributed by atoms with Crippen molar-refractivity contribution in [2.75, 3.05) is 0 Å². The van der Waals surface area contributed by atoms with Gasteiger partial charge in [-0.15, -0.1) is 0 Å². The molecular formula is C10H11NO2. The van der Waals surface area contributed by atoms with Crippen LogP contribution < -0.4 is 0 Å². The Morgan fingerprint density at radius 1 is 1.62 bits per heavy atom. The second-order valence-electron chi connectivity index (χ2n) is 3.58. The van der Waals surface area contributed by atoms with Crippen LogP contribution in [0.5, 0.6) is 0 Å². The molecule has 1 unspecified atom stereocenters. The molecular weight excluding hydrogens is 166 g/mol. The van der Waals surface area contributed by atoms with Crippen LogP contribution in [0.2, 0.25) is 0 Å². The van der Waals surface area contributed by atoms with Gasteiger partial charge in [0.2, 0.25) is 0 Å². The van der Waals surface area contributed by atoms with E-state index in [4.69, 9.17) is 9.68 Å². The van der Waals surface area contributed by atoms with Crippen molar-refractivity contribution in [2.45, 2.75) is 25.4 Å². The molecule has 1 aliphatic rings. The number of aliphatic hydroxyl groups excluding tert-OH is 1. The number of nitriles is 1. The molecule has 1 aromatic rings. The van der Waals surface area contributed by atoms with Crippen molar-refractivity contribution in [2.24, 2.45) is 5.41 Å².